The van der Waals surface area contributed by atoms with Crippen LogP contribution >= 0.6 is 11.8 Å². The summed E-state index contributed by atoms with van der Waals surface area (Å²) >= 11 is 1.69. The molecule has 1 aromatic carbocycles. The fourth-order valence-electron chi connectivity index (χ4n) is 2.24. The predicted octanol–water partition coefficient (Wildman–Crippen LogP) is 3.13. The molecule has 0 bridgehead atoms. The van der Waals surface area contributed by atoms with Crippen molar-refractivity contribution in [1.29, 1.82) is 0 Å². The van der Waals surface area contributed by atoms with Crippen LogP contribution in [0.4, 0.5) is 4.39 Å². The quantitative estimate of drug-likeness (QED) is 0.786. The van der Waals surface area contributed by atoms with Crippen molar-refractivity contribution < 1.29 is 13.9 Å². The minimum absolute atomic E-state index is 0.00815. The van der Waals surface area contributed by atoms with Crippen molar-refractivity contribution in [2.75, 3.05) is 18.9 Å². The van der Waals surface area contributed by atoms with E-state index in [1.165, 1.54) is 6.07 Å². The van der Waals surface area contributed by atoms with E-state index in [2.05, 4.69) is 5.32 Å². The summed E-state index contributed by atoms with van der Waals surface area (Å²) in [5.41, 5.74) is 0.738. The van der Waals surface area contributed by atoms with Gasteiger partial charge in [0.15, 0.2) is 0 Å². The minimum atomic E-state index is -0.259. The minimum Gasteiger partial charge on any atom is -0.368 e. The topological polar surface area (TPSA) is 38.3 Å². The fraction of sp³-hybridized carbons (Fsp3) is 0.562. The molecule has 1 saturated heterocycles. The smallest absolute Gasteiger partial charge is 0.249 e. The number of halogens is 1. The highest BCUT2D eigenvalue weighted by Crippen LogP contribution is 2.16. The Kier molecular flexibility index (Phi) is 7.03. The van der Waals surface area contributed by atoms with Crippen molar-refractivity contribution in [3.63, 3.8) is 0 Å². The van der Waals surface area contributed by atoms with Gasteiger partial charge < -0.3 is 10.1 Å². The molecule has 3 nitrogen and oxygen atoms in total. The second-order valence-corrected chi connectivity index (χ2v) is 6.25. The van der Waals surface area contributed by atoms with Gasteiger partial charge in [-0.15, -0.1) is 0 Å². The summed E-state index contributed by atoms with van der Waals surface area (Å²) in [6, 6.07) is 6.85. The van der Waals surface area contributed by atoms with Crippen LogP contribution < -0.4 is 5.32 Å². The Morgan fingerprint density at radius 1 is 1.38 bits per heavy atom. The summed E-state index contributed by atoms with van der Waals surface area (Å²) in [4.78, 5) is 11.8. The molecule has 1 N–H and O–H groups in total. The Hall–Kier alpha value is -1.07. The zero-order valence-electron chi connectivity index (χ0n) is 12.1. The number of hydrogen-bond donors (Lipinski definition) is 1. The number of amides is 1. The number of benzene rings is 1. The maximum Gasteiger partial charge on any atom is 0.249 e. The molecule has 0 saturated carbocycles. The van der Waals surface area contributed by atoms with E-state index in [4.69, 9.17) is 4.74 Å². The summed E-state index contributed by atoms with van der Waals surface area (Å²) in [5.74, 6) is 1.44. The van der Waals surface area contributed by atoms with Gasteiger partial charge >= 0.3 is 0 Å². The number of carbonyl (C=O) groups is 1. The number of ether oxygens (including phenoxy) is 1. The Morgan fingerprint density at radius 3 is 3.00 bits per heavy atom. The Balaban J connectivity index is 1.54. The molecule has 1 amide bonds. The van der Waals surface area contributed by atoms with Gasteiger partial charge in [-0.3, -0.25) is 4.79 Å². The highest BCUT2D eigenvalue weighted by molar-refractivity contribution is 7.98. The van der Waals surface area contributed by atoms with Gasteiger partial charge in [0.05, 0.1) is 0 Å². The predicted molar refractivity (Wildman–Crippen MR) is 83.8 cm³/mol. The SMILES string of the molecule is O=C(NCCCSCc1ccccc1F)C1CCCCO1. The molecule has 0 aliphatic carbocycles. The van der Waals surface area contributed by atoms with Crippen molar-refractivity contribution >= 4 is 17.7 Å². The number of rotatable bonds is 7. The molecule has 5 heteroatoms. The molecule has 1 unspecified atom stereocenters. The molecule has 1 fully saturated rings. The maximum absolute atomic E-state index is 13.4. The summed E-state index contributed by atoms with van der Waals surface area (Å²) < 4.78 is 18.8. The summed E-state index contributed by atoms with van der Waals surface area (Å²) in [5, 5.41) is 2.91. The van der Waals surface area contributed by atoms with Gasteiger partial charge in [0.25, 0.3) is 0 Å². The second kappa shape index (κ2) is 9.05. The van der Waals surface area contributed by atoms with Gasteiger partial charge in [0.1, 0.15) is 11.9 Å². The zero-order valence-corrected chi connectivity index (χ0v) is 13.0. The maximum atomic E-state index is 13.4. The van der Waals surface area contributed by atoms with Crippen LogP contribution in [0.15, 0.2) is 24.3 Å². The van der Waals surface area contributed by atoms with Crippen LogP contribution in [0.1, 0.15) is 31.2 Å². The monoisotopic (exact) mass is 311 g/mol. The first-order valence-electron chi connectivity index (χ1n) is 7.48. The van der Waals surface area contributed by atoms with Gasteiger partial charge in [-0.2, -0.15) is 11.8 Å². The van der Waals surface area contributed by atoms with Crippen LogP contribution in [0.5, 0.6) is 0 Å². The normalized spacial score (nSPS) is 18.4. The van der Waals surface area contributed by atoms with E-state index in [0.717, 1.165) is 37.0 Å². The lowest BCUT2D eigenvalue weighted by molar-refractivity contribution is -0.135. The lowest BCUT2D eigenvalue weighted by Crippen LogP contribution is -2.38. The third-order valence-electron chi connectivity index (χ3n) is 3.45. The molecule has 0 radical (unpaired) electrons. The third kappa shape index (κ3) is 5.67. The zero-order chi connectivity index (χ0) is 14.9. The van der Waals surface area contributed by atoms with E-state index in [1.54, 1.807) is 17.8 Å². The largest absolute Gasteiger partial charge is 0.368 e. The average Bonchev–Trinajstić information content (AvgIpc) is 2.53. The lowest BCUT2D eigenvalue weighted by Gasteiger charge is -2.21. The summed E-state index contributed by atoms with van der Waals surface area (Å²) in [7, 11) is 0. The Bertz CT molecular complexity index is 450. The van der Waals surface area contributed by atoms with Crippen LogP contribution in [0.3, 0.4) is 0 Å². The van der Waals surface area contributed by atoms with Crippen LogP contribution in [-0.2, 0) is 15.3 Å². The van der Waals surface area contributed by atoms with E-state index in [-0.39, 0.29) is 17.8 Å². The molecule has 1 heterocycles. The lowest BCUT2D eigenvalue weighted by atomic mass is 10.1. The van der Waals surface area contributed by atoms with Crippen molar-refractivity contribution in [3.8, 4) is 0 Å². The standard InChI is InChI=1S/C16H22FNO2S/c17-14-7-2-1-6-13(14)12-21-11-5-9-18-16(19)15-8-3-4-10-20-15/h1-2,6-7,15H,3-5,8-12H2,(H,18,19). The van der Waals surface area contributed by atoms with Crippen molar-refractivity contribution in [2.24, 2.45) is 0 Å². The Morgan fingerprint density at radius 2 is 2.24 bits per heavy atom. The van der Waals surface area contributed by atoms with E-state index in [1.807, 2.05) is 12.1 Å². The van der Waals surface area contributed by atoms with Crippen LogP contribution in [-0.4, -0.2) is 30.9 Å². The van der Waals surface area contributed by atoms with Crippen LogP contribution in [0.2, 0.25) is 0 Å². The summed E-state index contributed by atoms with van der Waals surface area (Å²) in [6.45, 7) is 1.35. The van der Waals surface area contributed by atoms with Gasteiger partial charge in [-0.1, -0.05) is 18.2 Å². The van der Waals surface area contributed by atoms with Crippen molar-refractivity contribution in [1.82, 2.24) is 5.32 Å². The molecule has 1 aliphatic heterocycles. The molecule has 1 aliphatic rings. The average molecular weight is 311 g/mol. The van der Waals surface area contributed by atoms with Crippen molar-refractivity contribution in [3.05, 3.63) is 35.6 Å². The van der Waals surface area contributed by atoms with E-state index >= 15 is 0 Å². The number of nitrogens with one attached hydrogen (secondary N) is 1. The van der Waals surface area contributed by atoms with Gasteiger partial charge in [0.2, 0.25) is 5.91 Å². The highest BCUT2D eigenvalue weighted by atomic mass is 32.2. The van der Waals surface area contributed by atoms with Gasteiger partial charge in [0, 0.05) is 18.9 Å². The second-order valence-electron chi connectivity index (χ2n) is 5.14. The number of carbonyl (C=O) groups excluding carboxylic acids is 1. The van der Waals surface area contributed by atoms with E-state index in [9.17, 15) is 9.18 Å². The third-order valence-corrected chi connectivity index (χ3v) is 4.54. The van der Waals surface area contributed by atoms with Crippen molar-refractivity contribution in [2.45, 2.75) is 37.5 Å². The molecular formula is C16H22FNO2S. The molecule has 1 atom stereocenters. The summed E-state index contributed by atoms with van der Waals surface area (Å²) in [6.07, 6.45) is 3.57. The Labute approximate surface area is 129 Å². The number of hydrogen-bond acceptors (Lipinski definition) is 3. The molecule has 116 valence electrons. The molecule has 0 aromatic heterocycles. The molecular weight excluding hydrogens is 289 g/mol. The van der Waals surface area contributed by atoms with Gasteiger partial charge in [-0.25, -0.2) is 4.39 Å². The first-order chi connectivity index (χ1) is 10.3. The van der Waals surface area contributed by atoms with E-state index in [0.29, 0.717) is 18.9 Å². The highest BCUT2D eigenvalue weighted by Gasteiger charge is 2.20. The van der Waals surface area contributed by atoms with Crippen LogP contribution in [0.25, 0.3) is 0 Å². The first-order valence-corrected chi connectivity index (χ1v) is 8.63. The van der Waals surface area contributed by atoms with Crippen LogP contribution in [0, 0.1) is 5.82 Å². The van der Waals surface area contributed by atoms with E-state index < -0.39 is 0 Å². The number of thioether (sulfide) groups is 1. The first kappa shape index (κ1) is 16.3. The fourth-order valence-corrected chi connectivity index (χ4v) is 3.19. The molecule has 21 heavy (non-hydrogen) atoms. The van der Waals surface area contributed by atoms with Gasteiger partial charge in [-0.05, 0) is 43.1 Å². The molecule has 1 aromatic rings. The molecule has 0 spiro atoms. The molecule has 2 rings (SSSR count).